The quantitative estimate of drug-likeness (QED) is 0.812. The number of nitrogens with one attached hydrogen (secondary N) is 2. The van der Waals surface area contributed by atoms with Crippen LogP contribution in [-0.4, -0.2) is 60.8 Å². The van der Waals surface area contributed by atoms with Gasteiger partial charge >= 0.3 is 6.03 Å². The molecule has 122 valence electrons. The summed E-state index contributed by atoms with van der Waals surface area (Å²) in [6.45, 7) is 8.79. The number of hydrazone groups is 1. The molecule has 0 radical (unpaired) electrons. The fourth-order valence-corrected chi connectivity index (χ4v) is 4.32. The molecule has 6 nitrogen and oxygen atoms in total. The number of fused-ring (bicyclic) bond motifs is 1. The molecule has 4 saturated heterocycles. The third kappa shape index (κ3) is 2.84. The maximum Gasteiger partial charge on any atom is 0.339 e. The summed E-state index contributed by atoms with van der Waals surface area (Å²) in [5, 5.41) is 7.35. The van der Waals surface area contributed by atoms with Crippen LogP contribution >= 0.6 is 0 Å². The highest BCUT2D eigenvalue weighted by atomic mass is 16.2. The average molecular weight is 313 g/mol. The van der Waals surface area contributed by atoms with E-state index in [0.29, 0.717) is 5.92 Å². The molecule has 0 spiro atoms. The molecule has 1 aromatic rings. The molecule has 0 saturated carbocycles. The van der Waals surface area contributed by atoms with Crippen molar-refractivity contribution in [2.45, 2.75) is 6.92 Å². The van der Waals surface area contributed by atoms with E-state index in [1.165, 1.54) is 0 Å². The molecule has 1 aromatic carbocycles. The summed E-state index contributed by atoms with van der Waals surface area (Å²) in [6.07, 6.45) is 0. The highest BCUT2D eigenvalue weighted by Crippen LogP contribution is 2.37. The van der Waals surface area contributed by atoms with Crippen molar-refractivity contribution in [1.82, 2.24) is 15.2 Å². The number of carbonyl (C=O) groups excluding carboxylic acids is 1. The van der Waals surface area contributed by atoms with Crippen molar-refractivity contribution in [3.63, 3.8) is 0 Å². The SMILES string of the molecule is CC12CN3CCN(CC(C3)/C1=N/NC(=O)Nc1ccccc1)C2. The molecule has 2 amide bonds. The minimum absolute atomic E-state index is 0.0533. The fourth-order valence-electron chi connectivity index (χ4n) is 4.32. The summed E-state index contributed by atoms with van der Waals surface area (Å²) in [5.74, 6) is 0.432. The maximum absolute atomic E-state index is 12.1. The monoisotopic (exact) mass is 313 g/mol. The van der Waals surface area contributed by atoms with Crippen molar-refractivity contribution >= 4 is 17.4 Å². The van der Waals surface area contributed by atoms with E-state index in [0.717, 1.165) is 50.7 Å². The van der Waals surface area contributed by atoms with Gasteiger partial charge in [0.15, 0.2) is 0 Å². The van der Waals surface area contributed by atoms with Crippen LogP contribution < -0.4 is 10.7 Å². The number of carbonyl (C=O) groups is 1. The van der Waals surface area contributed by atoms with E-state index < -0.39 is 0 Å². The van der Waals surface area contributed by atoms with E-state index in [1.807, 2.05) is 30.3 Å². The summed E-state index contributed by atoms with van der Waals surface area (Å²) >= 11 is 0. The summed E-state index contributed by atoms with van der Waals surface area (Å²) in [7, 11) is 0. The van der Waals surface area contributed by atoms with Crippen LogP contribution in [0.15, 0.2) is 35.4 Å². The number of piperidine rings is 2. The van der Waals surface area contributed by atoms with Crippen molar-refractivity contribution in [2.24, 2.45) is 16.4 Å². The van der Waals surface area contributed by atoms with Crippen LogP contribution in [0.5, 0.6) is 0 Å². The molecule has 0 aromatic heterocycles. The highest BCUT2D eigenvalue weighted by Gasteiger charge is 2.49. The first-order chi connectivity index (χ1) is 11.1. The zero-order valence-corrected chi connectivity index (χ0v) is 13.5. The lowest BCUT2D eigenvalue weighted by Gasteiger charge is -2.48. The maximum atomic E-state index is 12.1. The minimum Gasteiger partial charge on any atom is -0.307 e. The molecule has 23 heavy (non-hydrogen) atoms. The molecule has 2 atom stereocenters. The van der Waals surface area contributed by atoms with Gasteiger partial charge in [0.05, 0.1) is 5.71 Å². The molecular formula is C17H23N5O. The van der Waals surface area contributed by atoms with Gasteiger partial charge in [-0.1, -0.05) is 25.1 Å². The number of hydrogen-bond donors (Lipinski definition) is 2. The Morgan fingerprint density at radius 3 is 2.43 bits per heavy atom. The lowest BCUT2D eigenvalue weighted by molar-refractivity contribution is 0.130. The zero-order valence-electron chi connectivity index (χ0n) is 13.5. The lowest BCUT2D eigenvalue weighted by Crippen LogP contribution is -2.60. The number of para-hydroxylation sites is 1. The van der Waals surface area contributed by atoms with Crippen LogP contribution in [0, 0.1) is 11.3 Å². The smallest absolute Gasteiger partial charge is 0.307 e. The predicted molar refractivity (Wildman–Crippen MR) is 90.5 cm³/mol. The average Bonchev–Trinajstić information content (AvgIpc) is 2.74. The Labute approximate surface area is 136 Å². The normalized spacial score (nSPS) is 36.7. The molecule has 4 aliphatic rings. The second-order valence-corrected chi connectivity index (χ2v) is 7.16. The van der Waals surface area contributed by atoms with Crippen molar-refractivity contribution in [3.05, 3.63) is 30.3 Å². The molecular weight excluding hydrogens is 290 g/mol. The molecule has 6 heteroatoms. The van der Waals surface area contributed by atoms with Crippen LogP contribution in [0.1, 0.15) is 6.92 Å². The molecule has 5 rings (SSSR count). The first-order valence-corrected chi connectivity index (χ1v) is 8.27. The number of nitrogens with zero attached hydrogens (tertiary/aromatic N) is 3. The summed E-state index contributed by atoms with van der Waals surface area (Å²) in [6, 6.07) is 9.16. The zero-order chi connectivity index (χ0) is 15.9. The number of hydrogen-bond acceptors (Lipinski definition) is 4. The summed E-state index contributed by atoms with van der Waals surface area (Å²) in [4.78, 5) is 17.2. The van der Waals surface area contributed by atoms with Gasteiger partial charge < -0.3 is 15.1 Å². The lowest BCUT2D eigenvalue weighted by atomic mass is 9.72. The summed E-state index contributed by atoms with van der Waals surface area (Å²) in [5.41, 5.74) is 4.69. The second kappa shape index (κ2) is 5.62. The van der Waals surface area contributed by atoms with E-state index in [-0.39, 0.29) is 11.4 Å². The molecule has 0 aliphatic carbocycles. The Bertz CT molecular complexity index is 613. The molecule has 4 fully saturated rings. The number of benzene rings is 1. The number of urea groups is 1. The topological polar surface area (TPSA) is 60.0 Å². The van der Waals surface area contributed by atoms with Gasteiger partial charge in [0.25, 0.3) is 0 Å². The fraction of sp³-hybridized carbons (Fsp3) is 0.529. The Kier molecular flexibility index (Phi) is 3.58. The van der Waals surface area contributed by atoms with Gasteiger partial charge in [-0.25, -0.2) is 10.2 Å². The van der Waals surface area contributed by atoms with E-state index in [2.05, 4.69) is 32.6 Å². The van der Waals surface area contributed by atoms with Crippen LogP contribution in [-0.2, 0) is 0 Å². The largest absolute Gasteiger partial charge is 0.339 e. The van der Waals surface area contributed by atoms with Crippen molar-refractivity contribution in [1.29, 1.82) is 0 Å². The molecule has 4 heterocycles. The van der Waals surface area contributed by atoms with E-state index in [9.17, 15) is 4.79 Å². The third-order valence-electron chi connectivity index (χ3n) is 5.15. The number of rotatable bonds is 2. The van der Waals surface area contributed by atoms with Crippen molar-refractivity contribution in [2.75, 3.05) is 44.6 Å². The Morgan fingerprint density at radius 1 is 1.17 bits per heavy atom. The predicted octanol–water partition coefficient (Wildman–Crippen LogP) is 1.43. The molecule has 4 aliphatic heterocycles. The van der Waals surface area contributed by atoms with E-state index in [4.69, 9.17) is 0 Å². The van der Waals surface area contributed by atoms with Gasteiger partial charge in [-0.05, 0) is 12.1 Å². The van der Waals surface area contributed by atoms with Crippen molar-refractivity contribution in [3.8, 4) is 0 Å². The first kappa shape index (κ1) is 14.7. The second-order valence-electron chi connectivity index (χ2n) is 7.16. The summed E-state index contributed by atoms with van der Waals surface area (Å²) < 4.78 is 0. The van der Waals surface area contributed by atoms with Crippen LogP contribution in [0.3, 0.4) is 0 Å². The molecule has 4 bridgehead atoms. The third-order valence-corrected chi connectivity index (χ3v) is 5.15. The standard InChI is InChI=1S/C17H23N5O/c1-17-11-21-7-8-22(12-17)10-13(9-21)15(17)19-20-16(23)18-14-5-3-2-4-6-14/h2-6,13H,7-12H2,1H3,(H2,18,20,23)/b19-15-. The van der Waals surface area contributed by atoms with Gasteiger partial charge in [-0.3, -0.25) is 0 Å². The minimum atomic E-state index is -0.278. The van der Waals surface area contributed by atoms with Crippen LogP contribution in [0.4, 0.5) is 10.5 Å². The Morgan fingerprint density at radius 2 is 1.83 bits per heavy atom. The van der Waals surface area contributed by atoms with Gasteiger partial charge in [-0.2, -0.15) is 5.10 Å². The van der Waals surface area contributed by atoms with E-state index in [1.54, 1.807) is 0 Å². The number of amides is 2. The van der Waals surface area contributed by atoms with Gasteiger partial charge in [0.2, 0.25) is 0 Å². The van der Waals surface area contributed by atoms with Gasteiger partial charge in [-0.15, -0.1) is 0 Å². The Hall–Kier alpha value is -1.92. The first-order valence-electron chi connectivity index (χ1n) is 8.27. The van der Waals surface area contributed by atoms with Crippen LogP contribution in [0.2, 0.25) is 0 Å². The van der Waals surface area contributed by atoms with Gasteiger partial charge in [0.1, 0.15) is 0 Å². The molecule has 2 N–H and O–H groups in total. The van der Waals surface area contributed by atoms with Gasteiger partial charge in [0, 0.05) is 56.3 Å². The highest BCUT2D eigenvalue weighted by molar-refractivity contribution is 5.96. The van der Waals surface area contributed by atoms with E-state index >= 15 is 0 Å². The van der Waals surface area contributed by atoms with Crippen LogP contribution in [0.25, 0.3) is 0 Å². The number of anilines is 1. The van der Waals surface area contributed by atoms with Crippen molar-refractivity contribution < 1.29 is 4.79 Å². The molecule has 2 unspecified atom stereocenters. The Balaban J connectivity index is 1.47.